The Morgan fingerprint density at radius 1 is 1.21 bits per heavy atom. The Morgan fingerprint density at radius 2 is 1.93 bits per heavy atom. The molecule has 0 unspecified atom stereocenters. The highest BCUT2D eigenvalue weighted by atomic mass is 35.5. The second-order valence-corrected chi connectivity index (χ2v) is 7.47. The number of halogens is 2. The highest BCUT2D eigenvalue weighted by molar-refractivity contribution is 6.31. The molecular weight excluding hydrogens is 387 g/mol. The van der Waals surface area contributed by atoms with Crippen LogP contribution in [0.2, 0.25) is 5.02 Å². The van der Waals surface area contributed by atoms with Gasteiger partial charge in [-0.3, -0.25) is 4.79 Å². The molecule has 28 heavy (non-hydrogen) atoms. The van der Waals surface area contributed by atoms with E-state index in [2.05, 4.69) is 10.3 Å². The summed E-state index contributed by atoms with van der Waals surface area (Å²) in [6.07, 6.45) is 0.945. The Balaban J connectivity index is 2.30. The predicted octanol–water partition coefficient (Wildman–Crippen LogP) is 3.76. The van der Waals surface area contributed by atoms with Crippen molar-refractivity contribution in [1.82, 2.24) is 10.3 Å². The summed E-state index contributed by atoms with van der Waals surface area (Å²) in [6, 6.07) is 6.20. The number of hydrogen-bond acceptors (Lipinski definition) is 6. The lowest BCUT2D eigenvalue weighted by atomic mass is 9.98. The zero-order chi connectivity index (χ0) is 20.9. The lowest BCUT2D eigenvalue weighted by Crippen LogP contribution is -2.31. The van der Waals surface area contributed by atoms with Crippen LogP contribution in [0.1, 0.15) is 36.8 Å². The number of methoxy groups -OCH3 is 1. The van der Waals surface area contributed by atoms with E-state index < -0.39 is 23.4 Å². The first kappa shape index (κ1) is 21.8. The van der Waals surface area contributed by atoms with Gasteiger partial charge in [-0.1, -0.05) is 17.7 Å². The van der Waals surface area contributed by atoms with Crippen LogP contribution in [0, 0.1) is 5.82 Å². The van der Waals surface area contributed by atoms with Crippen molar-refractivity contribution < 1.29 is 23.5 Å². The molecule has 0 spiro atoms. The van der Waals surface area contributed by atoms with Crippen molar-refractivity contribution in [3.63, 3.8) is 0 Å². The minimum atomic E-state index is -0.692. The molecule has 8 heteroatoms. The molecule has 2 aromatic rings. The first-order chi connectivity index (χ1) is 13.1. The molecule has 1 heterocycles. The molecule has 1 N–H and O–H groups in total. The van der Waals surface area contributed by atoms with Gasteiger partial charge in [0, 0.05) is 17.1 Å². The number of aromatic nitrogens is 1. The normalized spacial score (nSPS) is 11.2. The van der Waals surface area contributed by atoms with Gasteiger partial charge >= 0.3 is 11.9 Å². The lowest BCUT2D eigenvalue weighted by Gasteiger charge is -2.20. The molecule has 0 radical (unpaired) electrons. The number of nitrogens with zero attached hydrogens (tertiary/aromatic N) is 1. The van der Waals surface area contributed by atoms with E-state index in [-0.39, 0.29) is 24.3 Å². The number of nitrogens with one attached hydrogen (secondary N) is 1. The monoisotopic (exact) mass is 408 g/mol. The standard InChI is InChI=1S/C20H22ClFN2O4/c1-20(2,3)28-17(25)11-23-9-12-5-6-13(21)7-15(12)16-8-14(22)10-24-18(16)19(26)27-4/h5-8,10,23H,9,11H2,1-4H3. The summed E-state index contributed by atoms with van der Waals surface area (Å²) in [6.45, 7) is 5.61. The average Bonchev–Trinajstić information content (AvgIpc) is 2.60. The fourth-order valence-electron chi connectivity index (χ4n) is 2.53. The maximum atomic E-state index is 13.8. The molecule has 0 saturated heterocycles. The molecule has 6 nitrogen and oxygen atoms in total. The number of benzene rings is 1. The maximum absolute atomic E-state index is 13.8. The van der Waals surface area contributed by atoms with E-state index in [9.17, 15) is 14.0 Å². The van der Waals surface area contributed by atoms with Crippen LogP contribution in [-0.4, -0.2) is 36.2 Å². The predicted molar refractivity (Wildman–Crippen MR) is 104 cm³/mol. The zero-order valence-corrected chi connectivity index (χ0v) is 16.9. The Labute approximate surface area is 168 Å². The summed E-state index contributed by atoms with van der Waals surface area (Å²) in [7, 11) is 1.22. The van der Waals surface area contributed by atoms with E-state index in [0.717, 1.165) is 6.20 Å². The van der Waals surface area contributed by atoms with Gasteiger partial charge in [0.15, 0.2) is 5.69 Å². The number of esters is 2. The molecule has 2 rings (SSSR count). The fourth-order valence-corrected chi connectivity index (χ4v) is 2.71. The lowest BCUT2D eigenvalue weighted by molar-refractivity contribution is -0.153. The van der Waals surface area contributed by atoms with E-state index in [1.807, 2.05) is 0 Å². The van der Waals surface area contributed by atoms with Gasteiger partial charge < -0.3 is 14.8 Å². The Bertz CT molecular complexity index is 881. The first-order valence-corrected chi connectivity index (χ1v) is 8.93. The van der Waals surface area contributed by atoms with Crippen LogP contribution in [0.3, 0.4) is 0 Å². The SMILES string of the molecule is COC(=O)c1ncc(F)cc1-c1cc(Cl)ccc1CNCC(=O)OC(C)(C)C. The molecule has 0 bridgehead atoms. The molecular formula is C20H22ClFN2O4. The molecule has 0 aliphatic rings. The van der Waals surface area contributed by atoms with Gasteiger partial charge in [0.25, 0.3) is 0 Å². The van der Waals surface area contributed by atoms with E-state index >= 15 is 0 Å². The molecule has 0 amide bonds. The fraction of sp³-hybridized carbons (Fsp3) is 0.350. The van der Waals surface area contributed by atoms with Crippen molar-refractivity contribution in [1.29, 1.82) is 0 Å². The van der Waals surface area contributed by atoms with Gasteiger partial charge in [-0.05, 0) is 50.1 Å². The van der Waals surface area contributed by atoms with Gasteiger partial charge in [0.2, 0.25) is 0 Å². The summed E-state index contributed by atoms with van der Waals surface area (Å²) < 4.78 is 23.8. The number of carbonyl (C=O) groups excluding carboxylic acids is 2. The van der Waals surface area contributed by atoms with Crippen molar-refractivity contribution in [2.24, 2.45) is 0 Å². The van der Waals surface area contributed by atoms with Crippen molar-refractivity contribution in [3.05, 3.63) is 52.6 Å². The van der Waals surface area contributed by atoms with Gasteiger partial charge in [0.05, 0.1) is 19.9 Å². The Morgan fingerprint density at radius 3 is 2.57 bits per heavy atom. The highest BCUT2D eigenvalue weighted by Gasteiger charge is 2.20. The quantitative estimate of drug-likeness (QED) is 0.733. The largest absolute Gasteiger partial charge is 0.464 e. The third kappa shape index (κ3) is 6.00. The van der Waals surface area contributed by atoms with E-state index in [1.54, 1.807) is 39.0 Å². The third-order valence-electron chi connectivity index (χ3n) is 3.60. The van der Waals surface area contributed by atoms with Crippen LogP contribution in [-0.2, 0) is 20.8 Å². The number of hydrogen-bond donors (Lipinski definition) is 1. The highest BCUT2D eigenvalue weighted by Crippen LogP contribution is 2.30. The van der Waals surface area contributed by atoms with Crippen LogP contribution in [0.15, 0.2) is 30.5 Å². The number of rotatable bonds is 6. The van der Waals surface area contributed by atoms with Gasteiger partial charge in [-0.25, -0.2) is 14.2 Å². The Hall–Kier alpha value is -2.51. The number of carbonyl (C=O) groups is 2. The van der Waals surface area contributed by atoms with Crippen molar-refractivity contribution >= 4 is 23.5 Å². The van der Waals surface area contributed by atoms with Gasteiger partial charge in [-0.15, -0.1) is 0 Å². The average molecular weight is 409 g/mol. The number of pyridine rings is 1. The van der Waals surface area contributed by atoms with Gasteiger partial charge in [0.1, 0.15) is 11.4 Å². The van der Waals surface area contributed by atoms with Gasteiger partial charge in [-0.2, -0.15) is 0 Å². The van der Waals surface area contributed by atoms with Crippen LogP contribution in [0.5, 0.6) is 0 Å². The molecule has 150 valence electrons. The van der Waals surface area contributed by atoms with E-state index in [0.29, 0.717) is 16.1 Å². The molecule has 0 fully saturated rings. The molecule has 0 aliphatic heterocycles. The summed E-state index contributed by atoms with van der Waals surface area (Å²) in [5, 5.41) is 3.39. The van der Waals surface area contributed by atoms with Crippen LogP contribution in [0.25, 0.3) is 11.1 Å². The Kier molecular flexibility index (Phi) is 7.10. The second-order valence-electron chi connectivity index (χ2n) is 7.03. The maximum Gasteiger partial charge on any atom is 0.357 e. The topological polar surface area (TPSA) is 77.5 Å². The van der Waals surface area contributed by atoms with E-state index in [4.69, 9.17) is 21.1 Å². The van der Waals surface area contributed by atoms with Crippen LogP contribution < -0.4 is 5.32 Å². The van der Waals surface area contributed by atoms with Crippen molar-refractivity contribution in [3.8, 4) is 11.1 Å². The van der Waals surface area contributed by atoms with E-state index in [1.165, 1.54) is 13.2 Å². The summed E-state index contributed by atoms with van der Waals surface area (Å²) in [5.74, 6) is -1.69. The smallest absolute Gasteiger partial charge is 0.357 e. The summed E-state index contributed by atoms with van der Waals surface area (Å²) in [4.78, 5) is 27.8. The molecule has 1 aromatic heterocycles. The van der Waals surface area contributed by atoms with Crippen LogP contribution >= 0.6 is 11.6 Å². The van der Waals surface area contributed by atoms with Crippen molar-refractivity contribution in [2.45, 2.75) is 32.9 Å². The molecule has 0 saturated carbocycles. The summed E-state index contributed by atoms with van der Waals surface area (Å²) >= 11 is 6.10. The molecule has 0 atom stereocenters. The number of ether oxygens (including phenoxy) is 2. The minimum Gasteiger partial charge on any atom is -0.464 e. The third-order valence-corrected chi connectivity index (χ3v) is 3.84. The van der Waals surface area contributed by atoms with Crippen LogP contribution in [0.4, 0.5) is 4.39 Å². The second kappa shape index (κ2) is 9.12. The van der Waals surface area contributed by atoms with Crippen molar-refractivity contribution in [2.75, 3.05) is 13.7 Å². The summed E-state index contributed by atoms with van der Waals surface area (Å²) in [5.41, 5.74) is 0.859. The first-order valence-electron chi connectivity index (χ1n) is 8.56. The molecule has 0 aliphatic carbocycles. The minimum absolute atomic E-state index is 0.00933. The zero-order valence-electron chi connectivity index (χ0n) is 16.1. The molecule has 1 aromatic carbocycles.